The second kappa shape index (κ2) is 9.46. The second-order valence-electron chi connectivity index (χ2n) is 7.71. The number of hydrogen-bond acceptors (Lipinski definition) is 5. The summed E-state index contributed by atoms with van der Waals surface area (Å²) in [7, 11) is 1.59. The maximum atomic E-state index is 12.7. The first-order chi connectivity index (χ1) is 12.9. The van der Waals surface area contributed by atoms with E-state index in [0.29, 0.717) is 22.6 Å². The first-order valence-corrected chi connectivity index (χ1v) is 9.42. The largest absolute Gasteiger partial charge is 0.492 e. The van der Waals surface area contributed by atoms with Crippen LogP contribution in [0.5, 0.6) is 5.75 Å². The number of methoxy groups -OCH3 is 1. The van der Waals surface area contributed by atoms with Gasteiger partial charge >= 0.3 is 5.97 Å². The number of aromatic nitrogens is 1. The van der Waals surface area contributed by atoms with Crippen molar-refractivity contribution in [3.8, 4) is 5.75 Å². The van der Waals surface area contributed by atoms with Crippen molar-refractivity contribution in [1.29, 1.82) is 0 Å². The molecule has 3 N–H and O–H groups in total. The van der Waals surface area contributed by atoms with Gasteiger partial charge in [0.25, 0.3) is 0 Å². The third kappa shape index (κ3) is 4.14. The van der Waals surface area contributed by atoms with E-state index in [2.05, 4.69) is 11.8 Å². The number of ether oxygens (including phenoxy) is 1. The number of carboxylic acids is 1. The fraction of sp³-hybridized carbons (Fsp3) is 0.500. The van der Waals surface area contributed by atoms with Crippen molar-refractivity contribution in [2.24, 2.45) is 11.7 Å². The normalized spacial score (nSPS) is 20.6. The van der Waals surface area contributed by atoms with E-state index in [-0.39, 0.29) is 35.5 Å². The van der Waals surface area contributed by atoms with Crippen LogP contribution in [0.3, 0.4) is 0 Å². The van der Waals surface area contributed by atoms with Crippen LogP contribution >= 0.6 is 0 Å². The number of halogens is 2. The highest BCUT2D eigenvalue weighted by Crippen LogP contribution is 2.42. The number of carboxylic acid groups (broad SMARTS) is 1. The van der Waals surface area contributed by atoms with Crippen LogP contribution in [0, 0.1) is 5.92 Å². The minimum Gasteiger partial charge on any atom is -0.492 e. The van der Waals surface area contributed by atoms with Crippen molar-refractivity contribution in [2.75, 3.05) is 25.1 Å². The van der Waals surface area contributed by atoms with Crippen molar-refractivity contribution < 1.29 is 24.0 Å². The minimum absolute atomic E-state index is 0. The first-order valence-electron chi connectivity index (χ1n) is 9.42. The van der Waals surface area contributed by atoms with Crippen molar-refractivity contribution >= 4 is 31.0 Å². The standard InChI is InChI=1S/C20H25N3O4.B.2FH/c1-11-7-8-22(10-15(11)21)16-6-5-13-17(19(16)27-2)23(12-3-4-12)9-14(18(13)24)20(25)26;;;/h5-6,9,11-12,15H,3-4,7-8,10,21H2,1-2H3,(H,25,26);;2*1H. The molecule has 1 saturated heterocycles. The molecule has 10 heteroatoms. The molecule has 163 valence electrons. The molecule has 2 aliphatic rings. The van der Waals surface area contributed by atoms with Crippen LogP contribution in [0.1, 0.15) is 42.6 Å². The quantitative estimate of drug-likeness (QED) is 0.733. The molecule has 0 spiro atoms. The van der Waals surface area contributed by atoms with Crippen molar-refractivity contribution in [3.05, 3.63) is 34.1 Å². The summed E-state index contributed by atoms with van der Waals surface area (Å²) >= 11 is 0. The second-order valence-corrected chi connectivity index (χ2v) is 7.71. The number of benzene rings is 1. The van der Waals surface area contributed by atoms with E-state index in [1.54, 1.807) is 13.2 Å². The number of piperidine rings is 1. The van der Waals surface area contributed by atoms with E-state index in [9.17, 15) is 14.7 Å². The molecule has 2 aromatic rings. The minimum atomic E-state index is -1.20. The molecule has 4 rings (SSSR count). The number of carbonyl (C=O) groups is 1. The number of anilines is 1. The summed E-state index contributed by atoms with van der Waals surface area (Å²) in [6.45, 7) is 3.76. The molecule has 30 heavy (non-hydrogen) atoms. The summed E-state index contributed by atoms with van der Waals surface area (Å²) in [6.07, 6.45) is 4.41. The number of aromatic carboxylic acids is 1. The molecule has 1 saturated carbocycles. The van der Waals surface area contributed by atoms with E-state index in [1.165, 1.54) is 6.20 Å². The van der Waals surface area contributed by atoms with Crippen molar-refractivity contribution in [2.45, 2.75) is 38.3 Å². The average molecular weight is 422 g/mol. The summed E-state index contributed by atoms with van der Waals surface area (Å²) < 4.78 is 7.67. The Balaban J connectivity index is 0.00000150. The molecule has 0 amide bonds. The SMILES string of the molecule is COc1c(N2CCC(C)C(N)C2)ccc2c(=O)c(C(=O)O)cn(C3CC3)c12.F.F.[B]. The molecule has 2 unspecified atom stereocenters. The molecule has 3 radical (unpaired) electrons. The van der Waals surface area contributed by atoms with Gasteiger partial charge in [0.1, 0.15) is 5.56 Å². The van der Waals surface area contributed by atoms with E-state index < -0.39 is 11.4 Å². The van der Waals surface area contributed by atoms with E-state index in [1.807, 2.05) is 10.6 Å². The Morgan fingerprint density at radius 3 is 2.43 bits per heavy atom. The smallest absolute Gasteiger partial charge is 0.341 e. The molecule has 2 heterocycles. The Bertz CT molecular complexity index is 981. The van der Waals surface area contributed by atoms with E-state index >= 15 is 0 Å². The van der Waals surface area contributed by atoms with Gasteiger partial charge in [0.05, 0.1) is 23.7 Å². The molecular formula is C20H27BF2N3O4. The third-order valence-corrected chi connectivity index (χ3v) is 5.86. The summed E-state index contributed by atoms with van der Waals surface area (Å²) in [5.41, 5.74) is 7.19. The Hall–Kier alpha value is -2.62. The monoisotopic (exact) mass is 422 g/mol. The van der Waals surface area contributed by atoms with Gasteiger partial charge in [-0.25, -0.2) is 4.79 Å². The predicted molar refractivity (Wildman–Crippen MR) is 115 cm³/mol. The fourth-order valence-electron chi connectivity index (χ4n) is 3.97. The van der Waals surface area contributed by atoms with Crippen LogP contribution in [-0.4, -0.2) is 50.3 Å². The van der Waals surface area contributed by atoms with Crippen LogP contribution in [-0.2, 0) is 0 Å². The average Bonchev–Trinajstić information content (AvgIpc) is 3.48. The van der Waals surface area contributed by atoms with Crippen LogP contribution in [0.15, 0.2) is 23.1 Å². The maximum absolute atomic E-state index is 12.7. The molecule has 1 aliphatic heterocycles. The molecule has 1 aromatic heterocycles. The molecule has 1 aromatic carbocycles. The number of hydrogen-bond donors (Lipinski definition) is 2. The summed E-state index contributed by atoms with van der Waals surface area (Å²) in [5, 5.41) is 9.81. The highest BCUT2D eigenvalue weighted by Gasteiger charge is 2.31. The highest BCUT2D eigenvalue weighted by atomic mass is 19.0. The summed E-state index contributed by atoms with van der Waals surface area (Å²) in [5.74, 6) is -0.110. The number of nitrogens with two attached hydrogens (primary N) is 1. The topological polar surface area (TPSA) is 97.8 Å². The van der Waals surface area contributed by atoms with Gasteiger partial charge in [0.15, 0.2) is 5.75 Å². The summed E-state index contributed by atoms with van der Waals surface area (Å²) in [4.78, 5) is 26.5. The van der Waals surface area contributed by atoms with Gasteiger partial charge in [-0.1, -0.05) is 6.92 Å². The Morgan fingerprint density at radius 2 is 1.90 bits per heavy atom. The Morgan fingerprint density at radius 1 is 1.23 bits per heavy atom. The highest BCUT2D eigenvalue weighted by molar-refractivity contribution is 5.97. The summed E-state index contributed by atoms with van der Waals surface area (Å²) in [6, 6.07) is 3.87. The molecule has 2 atom stereocenters. The molecule has 2 fully saturated rings. The lowest BCUT2D eigenvalue weighted by Gasteiger charge is -2.37. The number of nitrogens with zero attached hydrogens (tertiary/aromatic N) is 2. The van der Waals surface area contributed by atoms with Crippen LogP contribution in [0.2, 0.25) is 0 Å². The molecule has 7 nitrogen and oxygen atoms in total. The lowest BCUT2D eigenvalue weighted by Crippen LogP contribution is -2.47. The van der Waals surface area contributed by atoms with Gasteiger partial charge in [-0.15, -0.1) is 0 Å². The van der Waals surface area contributed by atoms with Gasteiger partial charge in [-0.2, -0.15) is 0 Å². The van der Waals surface area contributed by atoms with Crippen molar-refractivity contribution in [1.82, 2.24) is 4.57 Å². The Labute approximate surface area is 175 Å². The van der Waals surface area contributed by atoms with Crippen molar-refractivity contribution in [3.63, 3.8) is 0 Å². The van der Waals surface area contributed by atoms with Crippen LogP contribution in [0.25, 0.3) is 10.9 Å². The molecule has 0 bridgehead atoms. The van der Waals surface area contributed by atoms with Crippen LogP contribution < -0.4 is 20.8 Å². The van der Waals surface area contributed by atoms with Gasteiger partial charge in [-0.05, 0) is 37.3 Å². The van der Waals surface area contributed by atoms with Crippen LogP contribution in [0.4, 0.5) is 15.1 Å². The zero-order valence-corrected chi connectivity index (χ0v) is 17.0. The molecule has 1 aliphatic carbocycles. The Kier molecular flexibility index (Phi) is 8.02. The van der Waals surface area contributed by atoms with Gasteiger partial charge < -0.3 is 25.0 Å². The lowest BCUT2D eigenvalue weighted by molar-refractivity contribution is 0.0695. The fourth-order valence-corrected chi connectivity index (χ4v) is 3.97. The zero-order chi connectivity index (χ0) is 19.3. The predicted octanol–water partition coefficient (Wildman–Crippen LogP) is 2.14. The van der Waals surface area contributed by atoms with Gasteiger partial charge in [-0.3, -0.25) is 14.2 Å². The zero-order valence-electron chi connectivity index (χ0n) is 17.0. The first kappa shape index (κ1) is 25.4. The number of rotatable bonds is 4. The van der Waals surface area contributed by atoms with E-state index in [4.69, 9.17) is 10.5 Å². The third-order valence-electron chi connectivity index (χ3n) is 5.86. The number of fused-ring (bicyclic) bond motifs is 1. The van der Waals surface area contributed by atoms with E-state index in [0.717, 1.165) is 38.0 Å². The van der Waals surface area contributed by atoms with Gasteiger partial charge in [0.2, 0.25) is 5.43 Å². The number of pyridine rings is 1. The maximum Gasteiger partial charge on any atom is 0.341 e. The lowest BCUT2D eigenvalue weighted by atomic mass is 9.93. The molecular weight excluding hydrogens is 395 g/mol. The van der Waals surface area contributed by atoms with Gasteiger partial charge in [0, 0.05) is 39.8 Å².